The average molecular weight is 821 g/mol. The zero-order chi connectivity index (χ0) is 42.6. The first-order valence-electron chi connectivity index (χ1n) is 25.7. The minimum absolute atomic E-state index is 0.0637. The van der Waals surface area contributed by atoms with Crippen molar-refractivity contribution in [2.75, 3.05) is 13.2 Å². The Balaban J connectivity index is 4.26. The number of hydrogen-bond acceptors (Lipinski definition) is 6. The van der Waals surface area contributed by atoms with Crippen molar-refractivity contribution in [2.45, 2.75) is 291 Å². The predicted octanol–water partition coefficient (Wildman–Crippen LogP) is 16.5. The van der Waals surface area contributed by atoms with Crippen LogP contribution in [0.1, 0.15) is 285 Å². The smallest absolute Gasteiger partial charge is 0.306 e. The molecule has 0 saturated heterocycles. The van der Waals surface area contributed by atoms with Gasteiger partial charge in [0.25, 0.3) is 0 Å². The highest BCUT2D eigenvalue weighted by atomic mass is 16.6. The van der Waals surface area contributed by atoms with Crippen molar-refractivity contribution < 1.29 is 28.6 Å². The van der Waals surface area contributed by atoms with Crippen LogP contribution in [0.25, 0.3) is 0 Å². The van der Waals surface area contributed by atoms with Crippen LogP contribution in [-0.2, 0) is 28.6 Å². The Morgan fingerprint density at radius 2 is 0.569 bits per heavy atom. The summed E-state index contributed by atoms with van der Waals surface area (Å²) < 4.78 is 16.8. The van der Waals surface area contributed by atoms with E-state index >= 15 is 0 Å². The summed E-state index contributed by atoms with van der Waals surface area (Å²) >= 11 is 0. The number of unbranched alkanes of at least 4 members (excludes halogenated alkanes) is 31. The molecule has 0 spiro atoms. The SMILES string of the molecule is CCCCCCCCCCCC(=O)OC[C@@H](COC(=O)CCCCCCCCCCCCCCCCC(C)C)OC(=O)CCCCCCCCCCCCCC(C)C. The number of rotatable bonds is 46. The van der Waals surface area contributed by atoms with Crippen molar-refractivity contribution in [1.82, 2.24) is 0 Å². The molecule has 0 aliphatic heterocycles. The molecule has 0 aliphatic rings. The second kappa shape index (κ2) is 44.9. The standard InChI is InChI=1S/C52H100O6/c1-6-7-8-9-10-20-27-32-37-42-50(53)56-45-49(58-52(55)44-39-34-29-24-19-15-17-22-26-31-36-41-48(4)5)46-57-51(54)43-38-33-28-23-18-14-12-11-13-16-21-25-30-35-40-47(2)3/h47-49H,6-46H2,1-5H3/t49-/m0/s1. The minimum atomic E-state index is -0.761. The van der Waals surface area contributed by atoms with Gasteiger partial charge in [-0.1, -0.05) is 247 Å². The fourth-order valence-electron chi connectivity index (χ4n) is 7.81. The maximum atomic E-state index is 12.8. The number of carbonyl (C=O) groups excluding carboxylic acids is 3. The highest BCUT2D eigenvalue weighted by Gasteiger charge is 2.19. The maximum absolute atomic E-state index is 12.8. The second-order valence-corrected chi connectivity index (χ2v) is 18.8. The summed E-state index contributed by atoms with van der Waals surface area (Å²) in [5.41, 5.74) is 0. The van der Waals surface area contributed by atoms with Crippen molar-refractivity contribution >= 4 is 17.9 Å². The molecular weight excluding hydrogens is 721 g/mol. The summed E-state index contributed by atoms with van der Waals surface area (Å²) in [5, 5.41) is 0. The Bertz CT molecular complexity index is 885. The van der Waals surface area contributed by atoms with Gasteiger partial charge in [-0.25, -0.2) is 0 Å². The molecule has 0 heterocycles. The van der Waals surface area contributed by atoms with Crippen LogP contribution < -0.4 is 0 Å². The molecule has 0 aliphatic carbocycles. The Labute approximate surface area is 361 Å². The van der Waals surface area contributed by atoms with Gasteiger partial charge in [0.05, 0.1) is 0 Å². The van der Waals surface area contributed by atoms with Gasteiger partial charge in [0.2, 0.25) is 0 Å². The normalized spacial score (nSPS) is 12.1. The topological polar surface area (TPSA) is 78.9 Å². The fourth-order valence-corrected chi connectivity index (χ4v) is 7.81. The van der Waals surface area contributed by atoms with E-state index in [1.807, 2.05) is 0 Å². The van der Waals surface area contributed by atoms with Gasteiger partial charge in [0, 0.05) is 19.3 Å². The van der Waals surface area contributed by atoms with Gasteiger partial charge in [-0.3, -0.25) is 14.4 Å². The quantitative estimate of drug-likeness (QED) is 0.0346. The molecule has 0 bridgehead atoms. The van der Waals surface area contributed by atoms with Crippen LogP contribution in [0.3, 0.4) is 0 Å². The average Bonchev–Trinajstić information content (AvgIpc) is 3.19. The first-order valence-corrected chi connectivity index (χ1v) is 25.7. The minimum Gasteiger partial charge on any atom is -0.462 e. The van der Waals surface area contributed by atoms with Crippen molar-refractivity contribution in [2.24, 2.45) is 11.8 Å². The van der Waals surface area contributed by atoms with Crippen molar-refractivity contribution in [3.05, 3.63) is 0 Å². The molecule has 0 fully saturated rings. The molecule has 6 heteroatoms. The van der Waals surface area contributed by atoms with Crippen LogP contribution >= 0.6 is 0 Å². The largest absolute Gasteiger partial charge is 0.462 e. The van der Waals surface area contributed by atoms with Crippen LogP contribution in [0.4, 0.5) is 0 Å². The molecule has 0 aromatic rings. The number of carbonyl (C=O) groups is 3. The summed E-state index contributed by atoms with van der Waals surface area (Å²) in [4.78, 5) is 37.9. The van der Waals surface area contributed by atoms with E-state index in [1.165, 1.54) is 173 Å². The van der Waals surface area contributed by atoms with E-state index in [0.29, 0.717) is 19.3 Å². The number of esters is 3. The lowest BCUT2D eigenvalue weighted by molar-refractivity contribution is -0.167. The van der Waals surface area contributed by atoms with Crippen LogP contribution in [0, 0.1) is 11.8 Å². The van der Waals surface area contributed by atoms with Crippen molar-refractivity contribution in [3.8, 4) is 0 Å². The van der Waals surface area contributed by atoms with E-state index in [1.54, 1.807) is 0 Å². The molecule has 0 amide bonds. The molecule has 344 valence electrons. The van der Waals surface area contributed by atoms with Gasteiger partial charge in [-0.05, 0) is 31.1 Å². The zero-order valence-corrected chi connectivity index (χ0v) is 39.7. The maximum Gasteiger partial charge on any atom is 0.306 e. The van der Waals surface area contributed by atoms with Gasteiger partial charge < -0.3 is 14.2 Å². The Morgan fingerprint density at radius 3 is 0.845 bits per heavy atom. The van der Waals surface area contributed by atoms with E-state index < -0.39 is 6.10 Å². The summed E-state index contributed by atoms with van der Waals surface area (Å²) in [5.74, 6) is 0.819. The lowest BCUT2D eigenvalue weighted by Gasteiger charge is -2.18. The van der Waals surface area contributed by atoms with E-state index in [9.17, 15) is 14.4 Å². The molecule has 1 atom stereocenters. The third kappa shape index (κ3) is 45.5. The fraction of sp³-hybridized carbons (Fsp3) is 0.942. The molecule has 0 unspecified atom stereocenters. The number of hydrogen-bond donors (Lipinski definition) is 0. The zero-order valence-electron chi connectivity index (χ0n) is 39.7. The van der Waals surface area contributed by atoms with E-state index in [-0.39, 0.29) is 31.1 Å². The first kappa shape index (κ1) is 56.4. The van der Waals surface area contributed by atoms with Gasteiger partial charge in [0.1, 0.15) is 13.2 Å². The van der Waals surface area contributed by atoms with Gasteiger partial charge >= 0.3 is 17.9 Å². The first-order chi connectivity index (χ1) is 28.2. The van der Waals surface area contributed by atoms with Crippen molar-refractivity contribution in [3.63, 3.8) is 0 Å². The van der Waals surface area contributed by atoms with Crippen LogP contribution in [0.15, 0.2) is 0 Å². The second-order valence-electron chi connectivity index (χ2n) is 18.8. The van der Waals surface area contributed by atoms with Gasteiger partial charge in [-0.15, -0.1) is 0 Å². The Hall–Kier alpha value is -1.59. The number of ether oxygens (including phenoxy) is 3. The molecule has 0 N–H and O–H groups in total. The Morgan fingerprint density at radius 1 is 0.328 bits per heavy atom. The lowest BCUT2D eigenvalue weighted by Crippen LogP contribution is -2.30. The molecule has 0 rings (SSSR count). The summed E-state index contributed by atoms with van der Waals surface area (Å²) in [6, 6.07) is 0. The molecule has 0 radical (unpaired) electrons. The highest BCUT2D eigenvalue weighted by Crippen LogP contribution is 2.17. The Kier molecular flexibility index (Phi) is 43.7. The molecule has 58 heavy (non-hydrogen) atoms. The third-order valence-electron chi connectivity index (χ3n) is 11.7. The van der Waals surface area contributed by atoms with Crippen LogP contribution in [0.2, 0.25) is 0 Å². The summed E-state index contributed by atoms with van der Waals surface area (Å²) in [7, 11) is 0. The monoisotopic (exact) mass is 821 g/mol. The molecule has 6 nitrogen and oxygen atoms in total. The molecule has 0 saturated carbocycles. The van der Waals surface area contributed by atoms with E-state index in [0.717, 1.165) is 69.6 Å². The van der Waals surface area contributed by atoms with E-state index in [4.69, 9.17) is 14.2 Å². The van der Waals surface area contributed by atoms with E-state index in [2.05, 4.69) is 34.6 Å². The van der Waals surface area contributed by atoms with Crippen LogP contribution in [0.5, 0.6) is 0 Å². The van der Waals surface area contributed by atoms with Crippen molar-refractivity contribution in [1.29, 1.82) is 0 Å². The third-order valence-corrected chi connectivity index (χ3v) is 11.7. The van der Waals surface area contributed by atoms with Gasteiger partial charge in [0.15, 0.2) is 6.10 Å². The highest BCUT2D eigenvalue weighted by molar-refractivity contribution is 5.71. The molecule has 0 aromatic heterocycles. The predicted molar refractivity (Wildman–Crippen MR) is 247 cm³/mol. The molecule has 0 aromatic carbocycles. The summed E-state index contributed by atoms with van der Waals surface area (Å²) in [6.45, 7) is 11.4. The molecular formula is C52H100O6. The van der Waals surface area contributed by atoms with Gasteiger partial charge in [-0.2, -0.15) is 0 Å². The van der Waals surface area contributed by atoms with Crippen LogP contribution in [-0.4, -0.2) is 37.2 Å². The summed E-state index contributed by atoms with van der Waals surface area (Å²) in [6.07, 6.45) is 45.2. The lowest BCUT2D eigenvalue weighted by atomic mass is 10.0.